The number of carbonyl (C=O) groups excluding carboxylic acids is 1. The zero-order chi connectivity index (χ0) is 21.5. The van der Waals surface area contributed by atoms with Gasteiger partial charge in [0.15, 0.2) is 4.83 Å². The van der Waals surface area contributed by atoms with Crippen LogP contribution in [-0.2, 0) is 17.6 Å². The topological polar surface area (TPSA) is 81.7 Å². The Labute approximate surface area is 194 Å². The number of pyridine rings is 1. The number of nitrogens with one attached hydrogen (secondary N) is 2. The molecule has 1 aliphatic carbocycles. The van der Waals surface area contributed by atoms with Crippen molar-refractivity contribution in [2.45, 2.75) is 25.7 Å². The number of thiophene rings is 1. The minimum Gasteiger partial charge on any atom is -0.397 e. The molecule has 0 bridgehead atoms. The molecule has 6 nitrogen and oxygen atoms in total. The van der Waals surface area contributed by atoms with Gasteiger partial charge in [-0.3, -0.25) is 9.69 Å². The van der Waals surface area contributed by atoms with Crippen LogP contribution >= 0.6 is 34.5 Å². The molecule has 4 N–H and O–H groups in total. The molecule has 1 aromatic carbocycles. The van der Waals surface area contributed by atoms with Crippen LogP contribution in [0.3, 0.4) is 0 Å². The van der Waals surface area contributed by atoms with Gasteiger partial charge in [0.1, 0.15) is 18.0 Å². The SMILES string of the molecule is Nc1c(C(=O)Nc2ccc(Cl)cc2Cl)sc2[nH+]c(N3CCOCC3)c3c(c12)CCCC3. The highest BCUT2D eigenvalue weighted by Crippen LogP contribution is 2.40. The molecule has 9 heteroatoms. The highest BCUT2D eigenvalue weighted by atomic mass is 35.5. The number of carbonyl (C=O) groups is 1. The number of H-pyrrole nitrogens is 1. The van der Waals surface area contributed by atoms with Crippen LogP contribution in [0.25, 0.3) is 10.2 Å². The fraction of sp³-hybridized carbons (Fsp3) is 0.364. The van der Waals surface area contributed by atoms with Crippen molar-refractivity contribution >= 4 is 67.9 Å². The summed E-state index contributed by atoms with van der Waals surface area (Å²) in [5.41, 5.74) is 10.2. The summed E-state index contributed by atoms with van der Waals surface area (Å²) in [6.45, 7) is 3.17. The van der Waals surface area contributed by atoms with Gasteiger partial charge in [-0.25, -0.2) is 4.98 Å². The van der Waals surface area contributed by atoms with Crippen LogP contribution in [0.15, 0.2) is 18.2 Å². The number of anilines is 3. The first kappa shape index (κ1) is 20.8. The van der Waals surface area contributed by atoms with Gasteiger partial charge in [-0.15, -0.1) is 0 Å². The Kier molecular flexibility index (Phi) is 5.69. The van der Waals surface area contributed by atoms with Crippen molar-refractivity contribution in [3.8, 4) is 0 Å². The maximum Gasteiger partial charge on any atom is 0.279 e. The van der Waals surface area contributed by atoms with E-state index in [-0.39, 0.29) is 5.91 Å². The van der Waals surface area contributed by atoms with Crippen molar-refractivity contribution in [2.24, 2.45) is 0 Å². The summed E-state index contributed by atoms with van der Waals surface area (Å²) in [6.07, 6.45) is 4.29. The first-order valence-corrected chi connectivity index (χ1v) is 12.0. The number of aryl methyl sites for hydroxylation is 1. The van der Waals surface area contributed by atoms with Gasteiger partial charge in [0.25, 0.3) is 11.7 Å². The van der Waals surface area contributed by atoms with Crippen LogP contribution in [-0.4, -0.2) is 32.2 Å². The van der Waals surface area contributed by atoms with Crippen molar-refractivity contribution in [1.29, 1.82) is 0 Å². The Bertz CT molecular complexity index is 1170. The molecular weight excluding hydrogens is 455 g/mol. The number of nitrogen functional groups attached to an aromatic ring is 1. The molecule has 1 aliphatic heterocycles. The number of aromatic amines is 1. The van der Waals surface area contributed by atoms with Crippen LogP contribution < -0.4 is 20.9 Å². The van der Waals surface area contributed by atoms with Crippen LogP contribution in [0.4, 0.5) is 17.2 Å². The van der Waals surface area contributed by atoms with Crippen molar-refractivity contribution < 1.29 is 14.5 Å². The quantitative estimate of drug-likeness (QED) is 0.578. The van der Waals surface area contributed by atoms with Crippen LogP contribution in [0.1, 0.15) is 33.6 Å². The summed E-state index contributed by atoms with van der Waals surface area (Å²) >= 11 is 13.6. The van der Waals surface area contributed by atoms with Crippen molar-refractivity contribution in [2.75, 3.05) is 42.3 Å². The number of morpholine rings is 1. The van der Waals surface area contributed by atoms with Gasteiger partial charge < -0.3 is 15.8 Å². The maximum absolute atomic E-state index is 13.1. The average Bonchev–Trinajstić information content (AvgIpc) is 3.12. The van der Waals surface area contributed by atoms with E-state index < -0.39 is 0 Å². The second-order valence-electron chi connectivity index (χ2n) is 7.86. The van der Waals surface area contributed by atoms with E-state index in [9.17, 15) is 4.79 Å². The second kappa shape index (κ2) is 8.47. The number of nitrogens with two attached hydrogens (primary N) is 1. The molecule has 0 spiro atoms. The van der Waals surface area contributed by atoms with Crippen LogP contribution in [0.5, 0.6) is 0 Å². The molecule has 162 valence electrons. The van der Waals surface area contributed by atoms with Gasteiger partial charge in [-0.05, 0) is 49.4 Å². The maximum atomic E-state index is 13.1. The van der Waals surface area contributed by atoms with E-state index in [1.54, 1.807) is 18.2 Å². The van der Waals surface area contributed by atoms with E-state index in [2.05, 4.69) is 15.2 Å². The first-order chi connectivity index (χ1) is 15.0. The Balaban J connectivity index is 1.57. The van der Waals surface area contributed by atoms with Gasteiger partial charge >= 0.3 is 0 Å². The highest BCUT2D eigenvalue weighted by molar-refractivity contribution is 7.21. The van der Waals surface area contributed by atoms with Gasteiger partial charge in [0.2, 0.25) is 0 Å². The molecule has 1 amide bonds. The molecule has 2 aliphatic rings. The van der Waals surface area contributed by atoms with Gasteiger partial charge in [0.05, 0.1) is 35.0 Å². The second-order valence-corrected chi connectivity index (χ2v) is 9.73. The monoisotopic (exact) mass is 477 g/mol. The number of hydrogen-bond acceptors (Lipinski definition) is 5. The fourth-order valence-electron chi connectivity index (χ4n) is 4.45. The summed E-state index contributed by atoms with van der Waals surface area (Å²) in [4.78, 5) is 20.5. The minimum atomic E-state index is -0.270. The summed E-state index contributed by atoms with van der Waals surface area (Å²) in [5.74, 6) is 0.883. The lowest BCUT2D eigenvalue weighted by Crippen LogP contribution is -2.40. The molecule has 1 saturated heterocycles. The Morgan fingerprint density at radius 2 is 1.90 bits per heavy atom. The van der Waals surface area contributed by atoms with E-state index in [1.807, 2.05) is 0 Å². The minimum absolute atomic E-state index is 0.270. The number of benzene rings is 1. The summed E-state index contributed by atoms with van der Waals surface area (Å²) < 4.78 is 5.54. The first-order valence-electron chi connectivity index (χ1n) is 10.4. The van der Waals surface area contributed by atoms with E-state index >= 15 is 0 Å². The standard InChI is InChI=1S/C22H22Cl2N4O2S/c23-12-5-6-16(15(24)11-12)26-21(29)19-18(25)17-13-3-1-2-4-14(13)20(27-22(17)31-19)28-7-9-30-10-8-28/h5-6,11H,1-4,7-10,25H2,(H,26,29)/p+1. The number of nitrogens with zero attached hydrogens (tertiary/aromatic N) is 1. The zero-order valence-electron chi connectivity index (χ0n) is 16.9. The lowest BCUT2D eigenvalue weighted by atomic mass is 9.89. The molecular formula is C22H23Cl2N4O2S+. The Hall–Kier alpha value is -2.06. The number of rotatable bonds is 3. The normalized spacial score (nSPS) is 16.4. The summed E-state index contributed by atoms with van der Waals surface area (Å²) in [5, 5.41) is 4.77. The zero-order valence-corrected chi connectivity index (χ0v) is 19.2. The summed E-state index contributed by atoms with van der Waals surface area (Å²) in [7, 11) is 0. The average molecular weight is 478 g/mol. The molecule has 0 atom stereocenters. The number of halogens is 2. The van der Waals surface area contributed by atoms with E-state index in [4.69, 9.17) is 33.7 Å². The molecule has 0 unspecified atom stereocenters. The molecule has 0 saturated carbocycles. The van der Waals surface area contributed by atoms with E-state index in [0.29, 0.717) is 26.3 Å². The molecule has 3 aromatic rings. The number of amides is 1. The van der Waals surface area contributed by atoms with Crippen molar-refractivity contribution in [1.82, 2.24) is 0 Å². The third-order valence-corrected chi connectivity index (χ3v) is 7.61. The smallest absolute Gasteiger partial charge is 0.279 e. The Morgan fingerprint density at radius 3 is 2.65 bits per heavy atom. The molecule has 3 heterocycles. The predicted molar refractivity (Wildman–Crippen MR) is 127 cm³/mol. The Morgan fingerprint density at radius 1 is 1.16 bits per heavy atom. The summed E-state index contributed by atoms with van der Waals surface area (Å²) in [6, 6.07) is 4.98. The molecule has 1 fully saturated rings. The van der Waals surface area contributed by atoms with Crippen LogP contribution in [0.2, 0.25) is 10.0 Å². The third kappa shape index (κ3) is 3.84. The number of hydrogen-bond donors (Lipinski definition) is 2. The molecule has 0 radical (unpaired) electrons. The molecule has 2 aromatic heterocycles. The number of fused-ring (bicyclic) bond motifs is 3. The van der Waals surface area contributed by atoms with E-state index in [0.717, 1.165) is 68.0 Å². The molecule has 5 rings (SSSR count). The largest absolute Gasteiger partial charge is 0.397 e. The lowest BCUT2D eigenvalue weighted by Gasteiger charge is -2.26. The third-order valence-electron chi connectivity index (χ3n) is 5.95. The van der Waals surface area contributed by atoms with E-state index in [1.165, 1.54) is 22.5 Å². The van der Waals surface area contributed by atoms with Crippen molar-refractivity contribution in [3.63, 3.8) is 0 Å². The highest BCUT2D eigenvalue weighted by Gasteiger charge is 2.31. The van der Waals surface area contributed by atoms with Crippen LogP contribution in [0, 0.1) is 0 Å². The number of ether oxygens (including phenoxy) is 1. The van der Waals surface area contributed by atoms with Gasteiger partial charge in [0, 0.05) is 10.6 Å². The van der Waals surface area contributed by atoms with Gasteiger partial charge in [-0.1, -0.05) is 34.5 Å². The number of aromatic nitrogens is 1. The van der Waals surface area contributed by atoms with Crippen molar-refractivity contribution in [3.05, 3.63) is 44.2 Å². The lowest BCUT2D eigenvalue weighted by molar-refractivity contribution is -0.328. The molecule has 31 heavy (non-hydrogen) atoms. The van der Waals surface area contributed by atoms with Gasteiger partial charge in [-0.2, -0.15) is 0 Å². The predicted octanol–water partition coefficient (Wildman–Crippen LogP) is 4.57. The fourth-order valence-corrected chi connectivity index (χ4v) is 5.95.